The monoisotopic (exact) mass is 412 g/mol. The molecule has 8 nitrogen and oxygen atoms in total. The van der Waals surface area contributed by atoms with Gasteiger partial charge >= 0.3 is 5.63 Å². The first-order valence-electron chi connectivity index (χ1n) is 8.70. The molecule has 0 saturated carbocycles. The molecule has 1 aliphatic heterocycles. The van der Waals surface area contributed by atoms with E-state index in [9.17, 15) is 24.5 Å². The lowest BCUT2D eigenvalue weighted by atomic mass is 10.1. The highest BCUT2D eigenvalue weighted by Crippen LogP contribution is 2.31. The maximum atomic E-state index is 12.7. The SMILES string of the molecule is CCc1cc2oc(=O)cc(CN3C(=O)c4ccc([N+](=O)[O-])cc4C3=O)c2cc1Cl. The van der Waals surface area contributed by atoms with Crippen LogP contribution in [-0.4, -0.2) is 21.6 Å². The van der Waals surface area contributed by atoms with Crippen LogP contribution in [0.15, 0.2) is 45.6 Å². The Balaban J connectivity index is 1.78. The second-order valence-corrected chi connectivity index (χ2v) is 6.97. The lowest BCUT2D eigenvalue weighted by Gasteiger charge is -2.15. The summed E-state index contributed by atoms with van der Waals surface area (Å²) in [7, 11) is 0. The molecule has 2 amide bonds. The summed E-state index contributed by atoms with van der Waals surface area (Å²) < 4.78 is 5.24. The quantitative estimate of drug-likeness (QED) is 0.279. The molecule has 4 rings (SSSR count). The fourth-order valence-electron chi connectivity index (χ4n) is 3.40. The van der Waals surface area contributed by atoms with Crippen molar-refractivity contribution in [3.63, 3.8) is 0 Å². The van der Waals surface area contributed by atoms with Gasteiger partial charge in [-0.15, -0.1) is 0 Å². The van der Waals surface area contributed by atoms with E-state index in [0.29, 0.717) is 28.0 Å². The first-order valence-corrected chi connectivity index (χ1v) is 9.07. The normalized spacial score (nSPS) is 13.2. The molecule has 146 valence electrons. The number of nitrogens with zero attached hydrogens (tertiary/aromatic N) is 2. The lowest BCUT2D eigenvalue weighted by Crippen LogP contribution is -2.29. The Bertz CT molecular complexity index is 1280. The summed E-state index contributed by atoms with van der Waals surface area (Å²) in [4.78, 5) is 48.7. The maximum Gasteiger partial charge on any atom is 0.336 e. The molecule has 29 heavy (non-hydrogen) atoms. The van der Waals surface area contributed by atoms with Gasteiger partial charge in [-0.2, -0.15) is 0 Å². The van der Waals surface area contributed by atoms with Gasteiger partial charge in [0.25, 0.3) is 17.5 Å². The van der Waals surface area contributed by atoms with Gasteiger partial charge < -0.3 is 4.42 Å². The number of halogens is 1. The molecule has 0 bridgehead atoms. The second kappa shape index (κ2) is 6.82. The lowest BCUT2D eigenvalue weighted by molar-refractivity contribution is -0.384. The molecule has 1 aromatic heterocycles. The van der Waals surface area contributed by atoms with Gasteiger partial charge in [-0.05, 0) is 35.7 Å². The predicted molar refractivity (Wildman–Crippen MR) is 104 cm³/mol. The smallest absolute Gasteiger partial charge is 0.336 e. The second-order valence-electron chi connectivity index (χ2n) is 6.57. The number of fused-ring (bicyclic) bond motifs is 2. The van der Waals surface area contributed by atoms with Crippen LogP contribution < -0.4 is 5.63 Å². The summed E-state index contributed by atoms with van der Waals surface area (Å²) in [6.45, 7) is 1.72. The van der Waals surface area contributed by atoms with Gasteiger partial charge in [0, 0.05) is 28.6 Å². The highest BCUT2D eigenvalue weighted by Gasteiger charge is 2.37. The molecular formula is C20H13ClN2O6. The minimum atomic E-state index is -0.661. The van der Waals surface area contributed by atoms with E-state index in [0.717, 1.165) is 16.5 Å². The van der Waals surface area contributed by atoms with Crippen LogP contribution in [0.4, 0.5) is 5.69 Å². The van der Waals surface area contributed by atoms with Crippen molar-refractivity contribution < 1.29 is 18.9 Å². The molecule has 0 aliphatic carbocycles. The van der Waals surface area contributed by atoms with Gasteiger partial charge in [0.2, 0.25) is 0 Å². The average Bonchev–Trinajstić information content (AvgIpc) is 2.92. The zero-order chi connectivity index (χ0) is 20.9. The highest BCUT2D eigenvalue weighted by atomic mass is 35.5. The van der Waals surface area contributed by atoms with Crippen LogP contribution in [0.3, 0.4) is 0 Å². The van der Waals surface area contributed by atoms with E-state index in [-0.39, 0.29) is 23.4 Å². The summed E-state index contributed by atoms with van der Waals surface area (Å²) in [6, 6.07) is 8.01. The zero-order valence-corrected chi connectivity index (χ0v) is 15.9. The van der Waals surface area contributed by atoms with Crippen LogP contribution in [0.5, 0.6) is 0 Å². The minimum absolute atomic E-state index is 0.0391. The number of imide groups is 1. The molecule has 0 fully saturated rings. The van der Waals surface area contributed by atoms with E-state index in [1.54, 1.807) is 12.1 Å². The van der Waals surface area contributed by atoms with Crippen molar-refractivity contribution in [1.82, 2.24) is 4.90 Å². The number of rotatable bonds is 4. The molecule has 0 saturated heterocycles. The van der Waals surface area contributed by atoms with Gasteiger partial charge in [-0.1, -0.05) is 18.5 Å². The van der Waals surface area contributed by atoms with E-state index < -0.39 is 22.4 Å². The molecule has 0 atom stereocenters. The summed E-state index contributed by atoms with van der Waals surface area (Å²) in [5.74, 6) is -1.25. The Kier molecular flexibility index (Phi) is 4.43. The minimum Gasteiger partial charge on any atom is -0.423 e. The standard InChI is InChI=1S/C20H13ClN2O6/c1-2-10-5-17-14(8-16(10)21)11(6-18(24)29-17)9-22-19(25)13-4-3-12(23(27)28)7-15(13)20(22)26/h3-8H,2,9H2,1H3. The van der Waals surface area contributed by atoms with Gasteiger partial charge in [0.1, 0.15) is 5.58 Å². The van der Waals surface area contributed by atoms with Gasteiger partial charge in [0.15, 0.2) is 0 Å². The number of nitro benzene ring substituents is 1. The number of carbonyl (C=O) groups excluding carboxylic acids is 2. The molecule has 0 radical (unpaired) electrons. The number of nitro groups is 1. The van der Waals surface area contributed by atoms with Crippen LogP contribution in [-0.2, 0) is 13.0 Å². The fraction of sp³-hybridized carbons (Fsp3) is 0.150. The van der Waals surface area contributed by atoms with Crippen LogP contribution in [0.2, 0.25) is 5.02 Å². The third-order valence-corrected chi connectivity index (χ3v) is 5.22. The first-order chi connectivity index (χ1) is 13.8. The molecule has 0 N–H and O–H groups in total. The molecule has 2 heterocycles. The topological polar surface area (TPSA) is 111 Å². The van der Waals surface area contributed by atoms with Crippen molar-refractivity contribution in [1.29, 1.82) is 0 Å². The molecule has 3 aromatic rings. The van der Waals surface area contributed by atoms with E-state index in [4.69, 9.17) is 16.0 Å². The summed E-state index contributed by atoms with van der Waals surface area (Å²) >= 11 is 6.28. The number of amides is 2. The molecule has 1 aliphatic rings. The van der Waals surface area contributed by atoms with Crippen molar-refractivity contribution in [3.8, 4) is 0 Å². The Labute approximate surface area is 168 Å². The van der Waals surface area contributed by atoms with Crippen LogP contribution in [0.25, 0.3) is 11.0 Å². The molecule has 0 spiro atoms. The van der Waals surface area contributed by atoms with Crippen molar-refractivity contribution in [2.24, 2.45) is 0 Å². The maximum absolute atomic E-state index is 12.7. The molecular weight excluding hydrogens is 400 g/mol. The van der Waals surface area contributed by atoms with E-state index in [2.05, 4.69) is 0 Å². The Morgan fingerprint density at radius 1 is 1.03 bits per heavy atom. The summed E-state index contributed by atoms with van der Waals surface area (Å²) in [5.41, 5.74) is 0.640. The van der Waals surface area contributed by atoms with Crippen molar-refractivity contribution >= 4 is 40.1 Å². The van der Waals surface area contributed by atoms with E-state index >= 15 is 0 Å². The Morgan fingerprint density at radius 3 is 2.45 bits per heavy atom. The fourth-order valence-corrected chi connectivity index (χ4v) is 3.69. The van der Waals surface area contributed by atoms with E-state index in [1.807, 2.05) is 6.92 Å². The predicted octanol–water partition coefficient (Wildman–Crippen LogP) is 3.71. The summed E-state index contributed by atoms with van der Waals surface area (Å²) in [5, 5.41) is 12.0. The Hall–Kier alpha value is -3.52. The first kappa shape index (κ1) is 18.8. The van der Waals surface area contributed by atoms with E-state index in [1.165, 1.54) is 18.2 Å². The zero-order valence-electron chi connectivity index (χ0n) is 15.1. The number of non-ortho nitro benzene ring substituents is 1. The largest absolute Gasteiger partial charge is 0.423 e. The average molecular weight is 413 g/mol. The van der Waals surface area contributed by atoms with Gasteiger partial charge in [0.05, 0.1) is 22.6 Å². The van der Waals surface area contributed by atoms with Crippen LogP contribution in [0, 0.1) is 10.1 Å². The number of benzene rings is 2. The van der Waals surface area contributed by atoms with Crippen LogP contribution in [0.1, 0.15) is 38.8 Å². The third kappa shape index (κ3) is 3.07. The molecule has 2 aromatic carbocycles. The van der Waals surface area contributed by atoms with Crippen molar-refractivity contribution in [3.05, 3.63) is 84.2 Å². The summed E-state index contributed by atoms with van der Waals surface area (Å²) in [6.07, 6.45) is 0.639. The van der Waals surface area contributed by atoms with Gasteiger partial charge in [-0.3, -0.25) is 24.6 Å². The molecule has 9 heteroatoms. The number of carbonyl (C=O) groups is 2. The third-order valence-electron chi connectivity index (χ3n) is 4.87. The highest BCUT2D eigenvalue weighted by molar-refractivity contribution is 6.32. The van der Waals surface area contributed by atoms with Crippen molar-refractivity contribution in [2.75, 3.05) is 0 Å². The number of aryl methyl sites for hydroxylation is 1. The Morgan fingerprint density at radius 2 is 1.76 bits per heavy atom. The van der Waals surface area contributed by atoms with Crippen molar-refractivity contribution in [2.45, 2.75) is 19.9 Å². The number of hydrogen-bond acceptors (Lipinski definition) is 6. The molecule has 0 unspecified atom stereocenters. The number of hydrogen-bond donors (Lipinski definition) is 0. The van der Waals surface area contributed by atoms with Gasteiger partial charge in [-0.25, -0.2) is 4.79 Å². The van der Waals surface area contributed by atoms with Crippen LogP contribution >= 0.6 is 11.6 Å².